The minimum absolute atomic E-state index is 0.288. The number of hydrogen-bond donors (Lipinski definition) is 1. The molecule has 2 aromatic rings. The normalized spacial score (nSPS) is 24.4. The first-order valence-corrected chi connectivity index (χ1v) is 6.80. The van der Waals surface area contributed by atoms with E-state index >= 15 is 0 Å². The smallest absolute Gasteiger partial charge is 0.113 e. The fourth-order valence-corrected chi connectivity index (χ4v) is 2.87. The van der Waals surface area contributed by atoms with Gasteiger partial charge in [0, 0.05) is 20.1 Å². The molecule has 3 rings (SSSR count). The van der Waals surface area contributed by atoms with Crippen LogP contribution in [0, 0.1) is 5.41 Å². The minimum atomic E-state index is 0.288. The Morgan fingerprint density at radius 1 is 1.42 bits per heavy atom. The third-order valence-electron chi connectivity index (χ3n) is 4.21. The second-order valence-electron chi connectivity index (χ2n) is 6.01. The highest BCUT2D eigenvalue weighted by Gasteiger charge is 2.32. The van der Waals surface area contributed by atoms with Crippen LogP contribution >= 0.6 is 0 Å². The summed E-state index contributed by atoms with van der Waals surface area (Å²) in [4.78, 5) is 2.48. The lowest BCUT2D eigenvalue weighted by atomic mass is 9.90. The lowest BCUT2D eigenvalue weighted by Gasteiger charge is -2.22. The highest BCUT2D eigenvalue weighted by molar-refractivity contribution is 5.74. The molecule has 5 heteroatoms. The van der Waals surface area contributed by atoms with E-state index < -0.39 is 0 Å². The van der Waals surface area contributed by atoms with Crippen molar-refractivity contribution >= 4 is 11.0 Å². The fraction of sp³-hybridized carbons (Fsp3) is 0.571. The topological polar surface area (TPSA) is 60.0 Å². The molecule has 0 saturated carbocycles. The minimum Gasteiger partial charge on any atom is -0.330 e. The van der Waals surface area contributed by atoms with Gasteiger partial charge in [0.1, 0.15) is 5.52 Å². The molecular weight excluding hydrogens is 238 g/mol. The lowest BCUT2D eigenvalue weighted by Crippen LogP contribution is -2.31. The highest BCUT2D eigenvalue weighted by atomic mass is 15.4. The van der Waals surface area contributed by atoms with Gasteiger partial charge in [-0.15, -0.1) is 5.10 Å². The largest absolute Gasteiger partial charge is 0.330 e. The second-order valence-corrected chi connectivity index (χ2v) is 6.01. The number of rotatable bonds is 3. The first kappa shape index (κ1) is 12.6. The Balaban J connectivity index is 1.75. The Bertz CT molecular complexity index is 591. The van der Waals surface area contributed by atoms with Crippen molar-refractivity contribution in [3.8, 4) is 0 Å². The van der Waals surface area contributed by atoms with Crippen molar-refractivity contribution in [3.63, 3.8) is 0 Å². The summed E-state index contributed by atoms with van der Waals surface area (Å²) in [6, 6.07) is 6.41. The van der Waals surface area contributed by atoms with E-state index in [1.54, 1.807) is 4.68 Å². The van der Waals surface area contributed by atoms with Crippen LogP contribution in [0.3, 0.4) is 0 Å². The molecule has 1 unspecified atom stereocenters. The van der Waals surface area contributed by atoms with Crippen LogP contribution < -0.4 is 5.73 Å². The van der Waals surface area contributed by atoms with Crippen molar-refractivity contribution in [1.29, 1.82) is 0 Å². The zero-order valence-electron chi connectivity index (χ0n) is 11.6. The molecule has 5 nitrogen and oxygen atoms in total. The van der Waals surface area contributed by atoms with Crippen LogP contribution in [0.1, 0.15) is 18.9 Å². The molecule has 2 N–H and O–H groups in total. The molecule has 1 aromatic heterocycles. The molecule has 0 aliphatic carbocycles. The Labute approximate surface area is 113 Å². The van der Waals surface area contributed by atoms with Crippen LogP contribution in [0.25, 0.3) is 11.0 Å². The van der Waals surface area contributed by atoms with E-state index in [1.807, 2.05) is 7.05 Å². The lowest BCUT2D eigenvalue weighted by molar-refractivity contribution is 0.274. The molecule has 102 valence electrons. The number of nitrogens with two attached hydrogens (primary N) is 1. The number of aromatic nitrogens is 3. The van der Waals surface area contributed by atoms with Crippen molar-refractivity contribution in [2.24, 2.45) is 18.2 Å². The average Bonchev–Trinajstić information content (AvgIpc) is 2.95. The van der Waals surface area contributed by atoms with Crippen molar-refractivity contribution < 1.29 is 0 Å². The molecular formula is C14H21N5. The SMILES string of the molecule is Cn1nnc2cc(CN3CCC(C)(CN)C3)ccc21. The predicted octanol–water partition coefficient (Wildman–Crippen LogP) is 1.14. The standard InChI is InChI=1S/C14H21N5/c1-14(9-15)5-6-19(10-14)8-11-3-4-13-12(7-11)16-17-18(13)2/h3-4,7H,5-6,8-10,15H2,1-2H3. The maximum atomic E-state index is 5.85. The third-order valence-corrected chi connectivity index (χ3v) is 4.21. The molecule has 1 fully saturated rings. The number of hydrogen-bond acceptors (Lipinski definition) is 4. The van der Waals surface area contributed by atoms with Gasteiger partial charge in [-0.2, -0.15) is 0 Å². The summed E-state index contributed by atoms with van der Waals surface area (Å²) in [6.07, 6.45) is 1.19. The zero-order valence-corrected chi connectivity index (χ0v) is 11.6. The predicted molar refractivity (Wildman–Crippen MR) is 75.6 cm³/mol. The number of aryl methyl sites for hydroxylation is 1. The Morgan fingerprint density at radius 2 is 2.26 bits per heavy atom. The average molecular weight is 259 g/mol. The fourth-order valence-electron chi connectivity index (χ4n) is 2.87. The number of nitrogens with zero attached hydrogens (tertiary/aromatic N) is 4. The molecule has 0 amide bonds. The van der Waals surface area contributed by atoms with Gasteiger partial charge in [0.2, 0.25) is 0 Å². The van der Waals surface area contributed by atoms with E-state index in [0.717, 1.165) is 37.2 Å². The first-order valence-electron chi connectivity index (χ1n) is 6.80. The van der Waals surface area contributed by atoms with Crippen LogP contribution in [-0.2, 0) is 13.6 Å². The quantitative estimate of drug-likeness (QED) is 0.898. The summed E-state index contributed by atoms with van der Waals surface area (Å²) in [5, 5.41) is 8.21. The van der Waals surface area contributed by atoms with Crippen molar-refractivity contribution in [1.82, 2.24) is 19.9 Å². The van der Waals surface area contributed by atoms with Gasteiger partial charge in [0.15, 0.2) is 0 Å². The van der Waals surface area contributed by atoms with E-state index in [9.17, 15) is 0 Å². The van der Waals surface area contributed by atoms with Crippen LogP contribution in [0.2, 0.25) is 0 Å². The summed E-state index contributed by atoms with van der Waals surface area (Å²) in [5.41, 5.74) is 9.50. The molecule has 1 aromatic carbocycles. The molecule has 2 heterocycles. The second kappa shape index (κ2) is 4.58. The van der Waals surface area contributed by atoms with Crippen LogP contribution in [0.5, 0.6) is 0 Å². The molecule has 1 atom stereocenters. The monoisotopic (exact) mass is 259 g/mol. The van der Waals surface area contributed by atoms with Crippen LogP contribution in [0.4, 0.5) is 0 Å². The van der Waals surface area contributed by atoms with Gasteiger partial charge in [0.25, 0.3) is 0 Å². The maximum Gasteiger partial charge on any atom is 0.113 e. The van der Waals surface area contributed by atoms with E-state index in [4.69, 9.17) is 5.73 Å². The van der Waals surface area contributed by atoms with Crippen molar-refractivity contribution in [3.05, 3.63) is 23.8 Å². The van der Waals surface area contributed by atoms with E-state index in [1.165, 1.54) is 12.0 Å². The van der Waals surface area contributed by atoms with Gasteiger partial charge < -0.3 is 5.73 Å². The molecule has 0 radical (unpaired) electrons. The highest BCUT2D eigenvalue weighted by Crippen LogP contribution is 2.29. The summed E-state index contributed by atoms with van der Waals surface area (Å²) >= 11 is 0. The summed E-state index contributed by atoms with van der Waals surface area (Å²) in [5.74, 6) is 0. The van der Waals surface area contributed by atoms with Gasteiger partial charge in [-0.05, 0) is 42.6 Å². The molecule has 1 saturated heterocycles. The Kier molecular flexibility index (Phi) is 3.03. The molecule has 19 heavy (non-hydrogen) atoms. The Morgan fingerprint density at radius 3 is 3.00 bits per heavy atom. The third kappa shape index (κ3) is 2.35. The zero-order chi connectivity index (χ0) is 13.5. The van der Waals surface area contributed by atoms with Gasteiger partial charge in [-0.3, -0.25) is 4.90 Å². The van der Waals surface area contributed by atoms with Gasteiger partial charge in [-0.25, -0.2) is 4.68 Å². The van der Waals surface area contributed by atoms with Crippen molar-refractivity contribution in [2.75, 3.05) is 19.6 Å². The van der Waals surface area contributed by atoms with E-state index in [-0.39, 0.29) is 5.41 Å². The number of benzene rings is 1. The molecule has 1 aliphatic heterocycles. The Hall–Kier alpha value is -1.46. The van der Waals surface area contributed by atoms with Crippen LogP contribution in [0.15, 0.2) is 18.2 Å². The summed E-state index contributed by atoms with van der Waals surface area (Å²) in [6.45, 7) is 6.24. The maximum absolute atomic E-state index is 5.85. The molecule has 1 aliphatic rings. The molecule has 0 spiro atoms. The van der Waals surface area contributed by atoms with Crippen LogP contribution in [-0.4, -0.2) is 39.5 Å². The van der Waals surface area contributed by atoms with E-state index in [0.29, 0.717) is 0 Å². The van der Waals surface area contributed by atoms with Gasteiger partial charge in [0.05, 0.1) is 5.52 Å². The number of fused-ring (bicyclic) bond motifs is 1. The summed E-state index contributed by atoms with van der Waals surface area (Å²) < 4.78 is 1.81. The first-order chi connectivity index (χ1) is 9.09. The summed E-state index contributed by atoms with van der Waals surface area (Å²) in [7, 11) is 1.92. The molecule has 0 bridgehead atoms. The number of likely N-dealkylation sites (tertiary alicyclic amines) is 1. The van der Waals surface area contributed by atoms with Gasteiger partial charge in [-0.1, -0.05) is 18.2 Å². The van der Waals surface area contributed by atoms with Crippen molar-refractivity contribution in [2.45, 2.75) is 19.9 Å². The van der Waals surface area contributed by atoms with E-state index in [2.05, 4.69) is 40.3 Å². The van der Waals surface area contributed by atoms with Gasteiger partial charge >= 0.3 is 0 Å².